The van der Waals surface area contributed by atoms with Crippen molar-refractivity contribution in [3.05, 3.63) is 21.8 Å². The predicted octanol–water partition coefficient (Wildman–Crippen LogP) is 2.98. The van der Waals surface area contributed by atoms with Gasteiger partial charge >= 0.3 is 0 Å². The molecule has 24 heavy (non-hydrogen) atoms. The van der Waals surface area contributed by atoms with E-state index >= 15 is 0 Å². The van der Waals surface area contributed by atoms with Crippen molar-refractivity contribution in [3.8, 4) is 0 Å². The van der Waals surface area contributed by atoms with Crippen molar-refractivity contribution in [2.45, 2.75) is 37.6 Å². The molecule has 3 heterocycles. The summed E-state index contributed by atoms with van der Waals surface area (Å²) in [5, 5.41) is 2.87. The molecule has 1 fully saturated rings. The van der Waals surface area contributed by atoms with Crippen molar-refractivity contribution in [3.63, 3.8) is 0 Å². The van der Waals surface area contributed by atoms with Gasteiger partial charge in [0.15, 0.2) is 5.16 Å². The molecule has 2 aromatic heterocycles. The molecule has 0 radical (unpaired) electrons. The van der Waals surface area contributed by atoms with E-state index in [1.807, 2.05) is 17.2 Å². The van der Waals surface area contributed by atoms with Gasteiger partial charge in [0.2, 0.25) is 5.91 Å². The number of carbonyl (C=O) groups excluding carboxylic acids is 1. The fraction of sp³-hybridized carbons (Fsp3) is 0.588. The minimum absolute atomic E-state index is 0.0522. The fourth-order valence-corrected chi connectivity index (χ4v) is 5.16. The minimum Gasteiger partial charge on any atom is -0.341 e. The van der Waals surface area contributed by atoms with Crippen LogP contribution in [-0.2, 0) is 11.8 Å². The summed E-state index contributed by atoms with van der Waals surface area (Å²) in [4.78, 5) is 32.4. The zero-order chi connectivity index (χ0) is 17.4. The molecule has 0 saturated carbocycles. The van der Waals surface area contributed by atoms with Gasteiger partial charge in [0, 0.05) is 20.1 Å². The molecule has 1 aliphatic rings. The predicted molar refractivity (Wildman–Crippen MR) is 99.7 cm³/mol. The first-order chi connectivity index (χ1) is 11.4. The lowest BCUT2D eigenvalue weighted by molar-refractivity contribution is -0.132. The molecule has 1 aliphatic heterocycles. The Kier molecular flexibility index (Phi) is 5.01. The summed E-state index contributed by atoms with van der Waals surface area (Å²) in [7, 11) is 1.72. The third-order valence-corrected chi connectivity index (χ3v) is 6.41. The summed E-state index contributed by atoms with van der Waals surface area (Å²) in [5.74, 6) is 1.22. The number of fused-ring (bicyclic) bond motifs is 1. The number of hydrogen-bond donors (Lipinski definition) is 0. The number of aromatic nitrogens is 2. The molecule has 5 nitrogen and oxygen atoms in total. The molecule has 3 rings (SSSR count). The van der Waals surface area contributed by atoms with E-state index in [1.54, 1.807) is 17.7 Å². The molecule has 1 amide bonds. The summed E-state index contributed by atoms with van der Waals surface area (Å²) in [5.41, 5.74) is -0.0522. The molecule has 3 unspecified atom stereocenters. The Morgan fingerprint density at radius 2 is 2.04 bits per heavy atom. The molecule has 0 bridgehead atoms. The Labute approximate surface area is 150 Å². The van der Waals surface area contributed by atoms with E-state index in [4.69, 9.17) is 0 Å². The van der Waals surface area contributed by atoms with E-state index < -0.39 is 0 Å². The van der Waals surface area contributed by atoms with Gasteiger partial charge in [-0.1, -0.05) is 25.6 Å². The third-order valence-electron chi connectivity index (χ3n) is 4.47. The Balaban J connectivity index is 1.79. The number of rotatable bonds is 3. The van der Waals surface area contributed by atoms with Gasteiger partial charge in [-0.05, 0) is 36.6 Å². The van der Waals surface area contributed by atoms with E-state index in [1.165, 1.54) is 29.5 Å². The summed E-state index contributed by atoms with van der Waals surface area (Å²) >= 11 is 2.83. The molecule has 3 atom stereocenters. The van der Waals surface area contributed by atoms with Gasteiger partial charge in [0.1, 0.15) is 4.83 Å². The molecule has 130 valence electrons. The Morgan fingerprint density at radius 3 is 2.71 bits per heavy atom. The smallest absolute Gasteiger partial charge is 0.262 e. The van der Waals surface area contributed by atoms with Crippen LogP contribution in [0.2, 0.25) is 0 Å². The maximum atomic E-state index is 12.8. The lowest BCUT2D eigenvalue weighted by atomic mass is 9.92. The van der Waals surface area contributed by atoms with Crippen molar-refractivity contribution in [2.75, 3.05) is 13.1 Å². The normalized spacial score (nSPS) is 22.8. The number of carbonyl (C=O) groups is 1. The number of likely N-dealkylation sites (tertiary alicyclic amines) is 1. The molecule has 0 spiro atoms. The van der Waals surface area contributed by atoms with Crippen molar-refractivity contribution in [1.82, 2.24) is 14.5 Å². The quantitative estimate of drug-likeness (QED) is 0.620. The van der Waals surface area contributed by atoms with E-state index in [0.717, 1.165) is 17.9 Å². The van der Waals surface area contributed by atoms with E-state index in [9.17, 15) is 9.59 Å². The van der Waals surface area contributed by atoms with Crippen LogP contribution in [0.1, 0.15) is 27.2 Å². The van der Waals surface area contributed by atoms with Gasteiger partial charge in [-0.2, -0.15) is 0 Å². The lowest BCUT2D eigenvalue weighted by Crippen LogP contribution is -2.45. The van der Waals surface area contributed by atoms with Crippen LogP contribution in [0.5, 0.6) is 0 Å². The van der Waals surface area contributed by atoms with Crippen LogP contribution in [-0.4, -0.2) is 38.7 Å². The number of hydrogen-bond acceptors (Lipinski definition) is 5. The zero-order valence-corrected chi connectivity index (χ0v) is 16.1. The number of amides is 1. The first-order valence-corrected chi connectivity index (χ1v) is 10.0. The average molecular weight is 366 g/mol. The van der Waals surface area contributed by atoms with Crippen LogP contribution in [0.15, 0.2) is 21.4 Å². The van der Waals surface area contributed by atoms with Crippen molar-refractivity contribution in [1.29, 1.82) is 0 Å². The highest BCUT2D eigenvalue weighted by molar-refractivity contribution is 8.00. The second kappa shape index (κ2) is 6.88. The van der Waals surface area contributed by atoms with Crippen LogP contribution >= 0.6 is 23.1 Å². The van der Waals surface area contributed by atoms with Crippen LogP contribution in [0.3, 0.4) is 0 Å². The maximum absolute atomic E-state index is 12.8. The Hall–Kier alpha value is -1.34. The first-order valence-electron chi connectivity index (χ1n) is 8.26. The van der Waals surface area contributed by atoms with Crippen LogP contribution in [0.25, 0.3) is 10.2 Å². The Morgan fingerprint density at radius 1 is 1.38 bits per heavy atom. The zero-order valence-electron chi connectivity index (χ0n) is 14.5. The van der Waals surface area contributed by atoms with E-state index in [-0.39, 0.29) is 16.7 Å². The highest BCUT2D eigenvalue weighted by Gasteiger charge is 2.29. The number of thiophene rings is 1. The molecule has 2 aromatic rings. The van der Waals surface area contributed by atoms with E-state index in [0.29, 0.717) is 22.4 Å². The molecule has 0 N–H and O–H groups in total. The lowest BCUT2D eigenvalue weighted by Gasteiger charge is -2.36. The molecule has 0 aliphatic carbocycles. The molecule has 0 aromatic carbocycles. The van der Waals surface area contributed by atoms with Crippen LogP contribution in [0.4, 0.5) is 0 Å². The second-order valence-corrected chi connectivity index (χ2v) is 9.05. The average Bonchev–Trinajstić information content (AvgIpc) is 2.99. The largest absolute Gasteiger partial charge is 0.341 e. The summed E-state index contributed by atoms with van der Waals surface area (Å²) < 4.78 is 1.55. The molecule has 1 saturated heterocycles. The van der Waals surface area contributed by atoms with Crippen molar-refractivity contribution < 1.29 is 4.79 Å². The van der Waals surface area contributed by atoms with E-state index in [2.05, 4.69) is 18.8 Å². The van der Waals surface area contributed by atoms with Gasteiger partial charge in [0.05, 0.1) is 10.6 Å². The van der Waals surface area contributed by atoms with Gasteiger partial charge < -0.3 is 4.90 Å². The molecule has 7 heteroatoms. The highest BCUT2D eigenvalue weighted by atomic mass is 32.2. The minimum atomic E-state index is -0.252. The fourth-order valence-electron chi connectivity index (χ4n) is 3.39. The van der Waals surface area contributed by atoms with Crippen molar-refractivity contribution >= 4 is 39.2 Å². The summed E-state index contributed by atoms with van der Waals surface area (Å²) in [6, 6.07) is 1.80. The van der Waals surface area contributed by atoms with Crippen LogP contribution < -0.4 is 5.56 Å². The van der Waals surface area contributed by atoms with Crippen molar-refractivity contribution in [2.24, 2.45) is 18.9 Å². The monoisotopic (exact) mass is 365 g/mol. The number of thioether (sulfide) groups is 1. The summed E-state index contributed by atoms with van der Waals surface area (Å²) in [6.45, 7) is 7.95. The maximum Gasteiger partial charge on any atom is 0.262 e. The third kappa shape index (κ3) is 3.37. The summed E-state index contributed by atoms with van der Waals surface area (Å²) in [6.07, 6.45) is 1.18. The molecular weight excluding hydrogens is 342 g/mol. The first kappa shape index (κ1) is 17.5. The molecular formula is C17H23N3O2S2. The van der Waals surface area contributed by atoms with Gasteiger partial charge in [-0.3, -0.25) is 14.2 Å². The number of piperidine rings is 1. The van der Waals surface area contributed by atoms with Gasteiger partial charge in [-0.15, -0.1) is 11.3 Å². The topological polar surface area (TPSA) is 55.2 Å². The Bertz CT molecular complexity index is 804. The van der Waals surface area contributed by atoms with Gasteiger partial charge in [0.25, 0.3) is 5.56 Å². The van der Waals surface area contributed by atoms with Gasteiger partial charge in [-0.25, -0.2) is 4.98 Å². The highest BCUT2D eigenvalue weighted by Crippen LogP contribution is 2.27. The standard InChI is InChI=1S/C17H23N3O2S2/c1-10-7-11(2)9-20(8-10)15(21)12(3)24-17-18-14-13(5-6-23-14)16(22)19(17)4/h5-6,10-12H,7-9H2,1-4H3. The number of nitrogens with zero attached hydrogens (tertiary/aromatic N) is 3. The SMILES string of the molecule is CC1CC(C)CN(C(=O)C(C)Sc2nc3sccc3c(=O)n2C)C1. The second-order valence-electron chi connectivity index (χ2n) is 6.85. The van der Waals surface area contributed by atoms with Crippen LogP contribution in [0, 0.1) is 11.8 Å².